The molecular weight excluding hydrogens is 340 g/mol. The lowest BCUT2D eigenvalue weighted by Crippen LogP contribution is -2.43. The normalized spacial score (nSPS) is 17.1. The molecule has 1 aromatic heterocycles. The van der Waals surface area contributed by atoms with Crippen LogP contribution in [-0.2, 0) is 22.7 Å². The van der Waals surface area contributed by atoms with Crippen LogP contribution in [-0.4, -0.2) is 35.1 Å². The number of carbonyl (C=O) groups is 1. The number of ether oxygens (including phenoxy) is 1. The lowest BCUT2D eigenvalue weighted by molar-refractivity contribution is -0.125. The summed E-state index contributed by atoms with van der Waals surface area (Å²) in [5, 5.41) is 3.11. The molecule has 0 saturated carbocycles. The number of hydrogen-bond donors (Lipinski definition) is 1. The Morgan fingerprint density at radius 3 is 2.85 bits per heavy atom. The van der Waals surface area contributed by atoms with Gasteiger partial charge in [0.05, 0.1) is 24.8 Å². The molecule has 1 amide bonds. The van der Waals surface area contributed by atoms with Crippen molar-refractivity contribution in [1.82, 2.24) is 15.3 Å². The van der Waals surface area contributed by atoms with Crippen LogP contribution in [0.4, 0.5) is 5.82 Å². The number of rotatable bonds is 7. The summed E-state index contributed by atoms with van der Waals surface area (Å²) in [5.41, 5.74) is 2.23. The van der Waals surface area contributed by atoms with Gasteiger partial charge >= 0.3 is 0 Å². The Balaban J connectivity index is 1.56. The minimum Gasteiger partial charge on any atom is -0.374 e. The van der Waals surface area contributed by atoms with Crippen LogP contribution in [0.2, 0.25) is 0 Å². The van der Waals surface area contributed by atoms with Gasteiger partial charge in [0.25, 0.3) is 0 Å². The maximum Gasteiger partial charge on any atom is 0.225 e. The van der Waals surface area contributed by atoms with Crippen LogP contribution in [0.5, 0.6) is 0 Å². The summed E-state index contributed by atoms with van der Waals surface area (Å²) in [5.74, 6) is 0.911. The third-order valence-electron chi connectivity index (χ3n) is 4.81. The fourth-order valence-electron chi connectivity index (χ4n) is 3.31. The first-order valence-electron chi connectivity index (χ1n) is 9.60. The second-order valence-corrected chi connectivity index (χ2v) is 7.20. The van der Waals surface area contributed by atoms with Gasteiger partial charge in [0.1, 0.15) is 5.82 Å². The first-order chi connectivity index (χ1) is 13.1. The fraction of sp³-hybridized carbons (Fsp3) is 0.476. The molecule has 2 aromatic rings. The van der Waals surface area contributed by atoms with Gasteiger partial charge in [0, 0.05) is 32.0 Å². The van der Waals surface area contributed by atoms with E-state index in [9.17, 15) is 4.79 Å². The Morgan fingerprint density at radius 2 is 2.11 bits per heavy atom. The number of amides is 1. The fourth-order valence-corrected chi connectivity index (χ4v) is 3.31. The Hall–Kier alpha value is -2.47. The van der Waals surface area contributed by atoms with E-state index in [-0.39, 0.29) is 17.9 Å². The maximum atomic E-state index is 12.7. The topological polar surface area (TPSA) is 67.3 Å². The Bertz CT molecular complexity index is 736. The van der Waals surface area contributed by atoms with Crippen molar-refractivity contribution in [3.63, 3.8) is 0 Å². The highest BCUT2D eigenvalue weighted by atomic mass is 16.5. The van der Waals surface area contributed by atoms with Crippen molar-refractivity contribution in [1.29, 1.82) is 0 Å². The maximum absolute atomic E-state index is 12.7. The zero-order valence-corrected chi connectivity index (χ0v) is 16.1. The highest BCUT2D eigenvalue weighted by molar-refractivity contribution is 5.79. The van der Waals surface area contributed by atoms with Crippen LogP contribution in [0.3, 0.4) is 0 Å². The van der Waals surface area contributed by atoms with Crippen LogP contribution in [0.15, 0.2) is 42.9 Å². The molecule has 144 valence electrons. The molecule has 6 nitrogen and oxygen atoms in total. The van der Waals surface area contributed by atoms with Crippen molar-refractivity contribution in [2.24, 2.45) is 5.92 Å². The summed E-state index contributed by atoms with van der Waals surface area (Å²) in [6, 6.07) is 8.10. The van der Waals surface area contributed by atoms with Gasteiger partial charge in [-0.15, -0.1) is 0 Å². The van der Waals surface area contributed by atoms with E-state index in [2.05, 4.69) is 26.3 Å². The van der Waals surface area contributed by atoms with Crippen LogP contribution < -0.4 is 10.2 Å². The summed E-state index contributed by atoms with van der Waals surface area (Å²) in [6.07, 6.45) is 7.18. The molecule has 1 atom stereocenters. The first-order valence-corrected chi connectivity index (χ1v) is 9.60. The minimum atomic E-state index is -0.0279. The lowest BCUT2D eigenvalue weighted by atomic mass is 9.97. The monoisotopic (exact) mass is 368 g/mol. The smallest absolute Gasteiger partial charge is 0.225 e. The number of nitrogens with one attached hydrogen (secondary N) is 1. The number of hydrogen-bond acceptors (Lipinski definition) is 5. The van der Waals surface area contributed by atoms with E-state index >= 15 is 0 Å². The summed E-state index contributed by atoms with van der Waals surface area (Å²) in [4.78, 5) is 23.3. The standard InChI is InChI=1S/C21H28N4O2/c1-16(2)27-15-19-7-4-3-6-17(19)12-24-21(26)18-8-5-11-25(14-18)20-13-22-9-10-23-20/h3-4,6-7,9-10,13,16,18H,5,8,11-12,14-15H2,1-2H3,(H,24,26). The van der Waals surface area contributed by atoms with Gasteiger partial charge in [-0.05, 0) is 37.8 Å². The minimum absolute atomic E-state index is 0.0279. The Labute approximate surface area is 161 Å². The summed E-state index contributed by atoms with van der Waals surface area (Å²) < 4.78 is 5.72. The van der Waals surface area contributed by atoms with Gasteiger partial charge in [0.15, 0.2) is 0 Å². The molecule has 3 rings (SSSR count). The molecule has 1 aliphatic rings. The number of aromatic nitrogens is 2. The van der Waals surface area contributed by atoms with Crippen molar-refractivity contribution in [3.05, 3.63) is 54.0 Å². The van der Waals surface area contributed by atoms with Gasteiger partial charge in [0.2, 0.25) is 5.91 Å². The molecule has 2 heterocycles. The Kier molecular flexibility index (Phi) is 6.76. The van der Waals surface area contributed by atoms with Crippen molar-refractivity contribution in [3.8, 4) is 0 Å². The van der Waals surface area contributed by atoms with Crippen LogP contribution in [0.1, 0.15) is 37.8 Å². The highest BCUT2D eigenvalue weighted by Crippen LogP contribution is 2.21. The summed E-state index contributed by atoms with van der Waals surface area (Å²) >= 11 is 0. The number of carbonyl (C=O) groups excluding carboxylic acids is 1. The van der Waals surface area contributed by atoms with E-state index in [1.54, 1.807) is 18.6 Å². The molecule has 0 spiro atoms. The molecule has 0 bridgehead atoms. The zero-order valence-electron chi connectivity index (χ0n) is 16.1. The predicted molar refractivity (Wildman–Crippen MR) is 105 cm³/mol. The molecular formula is C21H28N4O2. The average molecular weight is 368 g/mol. The SMILES string of the molecule is CC(C)OCc1ccccc1CNC(=O)C1CCCN(c2cnccn2)C1. The second kappa shape index (κ2) is 9.46. The molecule has 1 aliphatic heterocycles. The average Bonchev–Trinajstić information content (AvgIpc) is 2.71. The largest absolute Gasteiger partial charge is 0.374 e. The van der Waals surface area contributed by atoms with Gasteiger partial charge < -0.3 is 15.0 Å². The van der Waals surface area contributed by atoms with Crippen molar-refractivity contribution in [2.75, 3.05) is 18.0 Å². The molecule has 27 heavy (non-hydrogen) atoms. The summed E-state index contributed by atoms with van der Waals surface area (Å²) in [7, 11) is 0. The predicted octanol–water partition coefficient (Wildman–Crippen LogP) is 2.93. The van der Waals surface area contributed by atoms with Gasteiger partial charge in [-0.3, -0.25) is 9.78 Å². The highest BCUT2D eigenvalue weighted by Gasteiger charge is 2.26. The van der Waals surface area contributed by atoms with Gasteiger partial charge in [-0.2, -0.15) is 0 Å². The van der Waals surface area contributed by atoms with Crippen LogP contribution in [0.25, 0.3) is 0 Å². The molecule has 1 aromatic carbocycles. The molecule has 1 fully saturated rings. The van der Waals surface area contributed by atoms with Crippen LogP contribution >= 0.6 is 0 Å². The van der Waals surface area contributed by atoms with Crippen molar-refractivity contribution < 1.29 is 9.53 Å². The van der Waals surface area contributed by atoms with E-state index in [1.807, 2.05) is 32.0 Å². The quantitative estimate of drug-likeness (QED) is 0.814. The van der Waals surface area contributed by atoms with Crippen molar-refractivity contribution in [2.45, 2.75) is 45.9 Å². The third kappa shape index (κ3) is 5.50. The Morgan fingerprint density at radius 1 is 1.30 bits per heavy atom. The molecule has 1 saturated heterocycles. The molecule has 1 unspecified atom stereocenters. The van der Waals surface area contributed by atoms with E-state index < -0.39 is 0 Å². The number of anilines is 1. The molecule has 0 radical (unpaired) electrons. The molecule has 1 N–H and O–H groups in total. The van der Waals surface area contributed by atoms with Crippen LogP contribution in [0, 0.1) is 5.92 Å². The lowest BCUT2D eigenvalue weighted by Gasteiger charge is -2.32. The zero-order chi connectivity index (χ0) is 19.1. The number of piperidine rings is 1. The van der Waals surface area contributed by atoms with E-state index in [1.165, 1.54) is 0 Å². The van der Waals surface area contributed by atoms with E-state index in [0.717, 1.165) is 36.3 Å². The number of benzene rings is 1. The number of nitrogens with zero attached hydrogens (tertiary/aromatic N) is 3. The second-order valence-electron chi connectivity index (χ2n) is 7.20. The molecule has 6 heteroatoms. The van der Waals surface area contributed by atoms with E-state index in [0.29, 0.717) is 19.7 Å². The van der Waals surface area contributed by atoms with E-state index in [4.69, 9.17) is 4.74 Å². The van der Waals surface area contributed by atoms with Gasteiger partial charge in [-0.25, -0.2) is 4.98 Å². The summed E-state index contributed by atoms with van der Waals surface area (Å²) in [6.45, 7) is 6.73. The van der Waals surface area contributed by atoms with Gasteiger partial charge in [-0.1, -0.05) is 24.3 Å². The molecule has 0 aliphatic carbocycles. The third-order valence-corrected chi connectivity index (χ3v) is 4.81. The van der Waals surface area contributed by atoms with Crippen molar-refractivity contribution >= 4 is 11.7 Å². The first kappa shape index (κ1) is 19.3.